The second kappa shape index (κ2) is 9.44. The lowest BCUT2D eigenvalue weighted by atomic mass is 10.0. The van der Waals surface area contributed by atoms with Crippen molar-refractivity contribution in [3.63, 3.8) is 0 Å². The summed E-state index contributed by atoms with van der Waals surface area (Å²) in [6, 6.07) is 11.7. The molecule has 0 radical (unpaired) electrons. The number of hydrogen-bond donors (Lipinski definition) is 0. The van der Waals surface area contributed by atoms with Crippen LogP contribution in [0.4, 0.5) is 5.69 Å². The molecule has 5 nitrogen and oxygen atoms in total. The van der Waals surface area contributed by atoms with E-state index in [2.05, 4.69) is 30.9 Å². The number of anilines is 1. The molecule has 0 amide bonds. The van der Waals surface area contributed by atoms with Crippen LogP contribution < -0.4 is 14.4 Å². The van der Waals surface area contributed by atoms with Crippen LogP contribution in [0.2, 0.25) is 0 Å². The van der Waals surface area contributed by atoms with E-state index in [-0.39, 0.29) is 29.3 Å². The minimum atomic E-state index is 0. The van der Waals surface area contributed by atoms with E-state index in [0.717, 1.165) is 37.3 Å². The third-order valence-corrected chi connectivity index (χ3v) is 5.45. The molecule has 0 aliphatic carbocycles. The minimum Gasteiger partial charge on any atom is -0.486 e. The average molecular weight is 459 g/mol. The first-order valence-electron chi connectivity index (χ1n) is 9.93. The lowest BCUT2D eigenvalue weighted by molar-refractivity contribution is 0.100. The first-order valence-corrected chi connectivity index (χ1v) is 9.93. The molecule has 0 spiro atoms. The van der Waals surface area contributed by atoms with Crippen molar-refractivity contribution in [3.05, 3.63) is 53.1 Å². The number of Topliss-reactive ketones (excluding diaryl/α,β-unsaturated/α-hetero) is 1. The van der Waals surface area contributed by atoms with Gasteiger partial charge in [-0.1, -0.05) is 12.1 Å². The lowest BCUT2D eigenvalue weighted by Crippen LogP contribution is -2.37. The normalized spacial score (nSPS) is 15.2. The number of benzene rings is 2. The SMILES string of the molecule is Br.Cc1cccc(N(CC(=O)c2ccc3c(c2)OCCO3)C2=NCCCC2)c1C. The molecule has 6 heteroatoms. The van der Waals surface area contributed by atoms with Gasteiger partial charge in [-0.25, -0.2) is 0 Å². The van der Waals surface area contributed by atoms with Crippen molar-refractivity contribution < 1.29 is 14.3 Å². The summed E-state index contributed by atoms with van der Waals surface area (Å²) in [6.07, 6.45) is 3.13. The van der Waals surface area contributed by atoms with Crippen LogP contribution in [0.1, 0.15) is 40.7 Å². The molecule has 2 aliphatic heterocycles. The summed E-state index contributed by atoms with van der Waals surface area (Å²) in [5, 5.41) is 0. The molecule has 0 N–H and O–H groups in total. The molecule has 0 bridgehead atoms. The molecule has 2 aromatic rings. The number of hydrogen-bond acceptors (Lipinski definition) is 5. The van der Waals surface area contributed by atoms with Gasteiger partial charge in [0.1, 0.15) is 19.0 Å². The van der Waals surface area contributed by atoms with Crippen molar-refractivity contribution in [2.45, 2.75) is 33.1 Å². The predicted octanol–water partition coefficient (Wildman–Crippen LogP) is 4.92. The summed E-state index contributed by atoms with van der Waals surface area (Å²) >= 11 is 0. The molecule has 2 heterocycles. The number of halogens is 1. The Bertz CT molecular complexity index is 926. The topological polar surface area (TPSA) is 51.1 Å². The fraction of sp³-hybridized carbons (Fsp3) is 0.391. The van der Waals surface area contributed by atoms with Crippen LogP contribution in [0.25, 0.3) is 0 Å². The Morgan fingerprint density at radius 2 is 1.86 bits per heavy atom. The van der Waals surface area contributed by atoms with Gasteiger partial charge in [0.25, 0.3) is 0 Å². The predicted molar refractivity (Wildman–Crippen MR) is 121 cm³/mol. The van der Waals surface area contributed by atoms with Gasteiger partial charge in [0.05, 0.1) is 6.54 Å². The average Bonchev–Trinajstić information content (AvgIpc) is 2.74. The molecule has 0 atom stereocenters. The van der Waals surface area contributed by atoms with Crippen LogP contribution in [-0.4, -0.2) is 37.9 Å². The van der Waals surface area contributed by atoms with E-state index in [9.17, 15) is 4.79 Å². The Kier molecular flexibility index (Phi) is 6.96. The third kappa shape index (κ3) is 4.64. The highest BCUT2D eigenvalue weighted by Gasteiger charge is 2.23. The zero-order valence-electron chi connectivity index (χ0n) is 16.9. The van der Waals surface area contributed by atoms with Gasteiger partial charge in [-0.15, -0.1) is 17.0 Å². The van der Waals surface area contributed by atoms with E-state index >= 15 is 0 Å². The van der Waals surface area contributed by atoms with Crippen molar-refractivity contribution >= 4 is 34.3 Å². The first kappa shape index (κ1) is 21.4. The van der Waals surface area contributed by atoms with Gasteiger partial charge < -0.3 is 14.4 Å². The Morgan fingerprint density at radius 3 is 2.62 bits per heavy atom. The van der Waals surface area contributed by atoms with Crippen LogP contribution in [0.3, 0.4) is 0 Å². The fourth-order valence-corrected chi connectivity index (χ4v) is 3.70. The number of fused-ring (bicyclic) bond motifs is 1. The van der Waals surface area contributed by atoms with Crippen molar-refractivity contribution in [2.24, 2.45) is 4.99 Å². The molecular formula is C23H27BrN2O3. The van der Waals surface area contributed by atoms with E-state index in [4.69, 9.17) is 14.5 Å². The van der Waals surface area contributed by atoms with Gasteiger partial charge in [-0.05, 0) is 62.1 Å². The summed E-state index contributed by atoms with van der Waals surface area (Å²) in [6.45, 7) is 6.35. The van der Waals surface area contributed by atoms with E-state index in [1.807, 2.05) is 18.2 Å². The molecule has 0 fully saturated rings. The van der Waals surface area contributed by atoms with Gasteiger partial charge in [-0.3, -0.25) is 9.79 Å². The van der Waals surface area contributed by atoms with Gasteiger partial charge >= 0.3 is 0 Å². The third-order valence-electron chi connectivity index (χ3n) is 5.45. The maximum absolute atomic E-state index is 13.2. The summed E-state index contributed by atoms with van der Waals surface area (Å²) in [5.41, 5.74) is 4.10. The van der Waals surface area contributed by atoms with Crippen molar-refractivity contribution in [1.82, 2.24) is 0 Å². The highest BCUT2D eigenvalue weighted by atomic mass is 79.9. The molecular weight excluding hydrogens is 432 g/mol. The maximum Gasteiger partial charge on any atom is 0.182 e. The van der Waals surface area contributed by atoms with Crippen molar-refractivity contribution in [1.29, 1.82) is 0 Å². The van der Waals surface area contributed by atoms with E-state index < -0.39 is 0 Å². The van der Waals surface area contributed by atoms with E-state index in [1.165, 1.54) is 11.1 Å². The maximum atomic E-state index is 13.2. The zero-order chi connectivity index (χ0) is 19.5. The monoisotopic (exact) mass is 458 g/mol. The highest BCUT2D eigenvalue weighted by molar-refractivity contribution is 8.93. The van der Waals surface area contributed by atoms with Crippen molar-refractivity contribution in [2.75, 3.05) is 31.2 Å². The molecule has 0 unspecified atom stereocenters. The molecule has 29 heavy (non-hydrogen) atoms. The van der Waals surface area contributed by atoms with Crippen LogP contribution in [0, 0.1) is 13.8 Å². The second-order valence-corrected chi connectivity index (χ2v) is 7.34. The number of nitrogens with zero attached hydrogens (tertiary/aromatic N) is 2. The molecule has 154 valence electrons. The van der Waals surface area contributed by atoms with Gasteiger partial charge in [0, 0.05) is 24.2 Å². The van der Waals surface area contributed by atoms with Crippen molar-refractivity contribution in [3.8, 4) is 11.5 Å². The smallest absolute Gasteiger partial charge is 0.182 e. The number of rotatable bonds is 4. The van der Waals surface area contributed by atoms with Crippen LogP contribution in [0.5, 0.6) is 11.5 Å². The molecule has 4 rings (SSSR count). The molecule has 0 saturated carbocycles. The number of carbonyl (C=O) groups is 1. The molecule has 2 aliphatic rings. The fourth-order valence-electron chi connectivity index (χ4n) is 3.70. The summed E-state index contributed by atoms with van der Waals surface area (Å²) < 4.78 is 11.2. The summed E-state index contributed by atoms with van der Waals surface area (Å²) in [4.78, 5) is 20.0. The standard InChI is InChI=1S/C23H26N2O3.BrH/c1-16-6-5-7-19(17(16)2)25(23-8-3-4-11-24-23)15-20(26)18-9-10-21-22(14-18)28-13-12-27-21;/h5-7,9-10,14H,3-4,8,11-13,15H2,1-2H3;1H. The number of aliphatic imine (C=N–C) groups is 1. The second-order valence-electron chi connectivity index (χ2n) is 7.34. The van der Waals surface area contributed by atoms with Crippen LogP contribution in [0.15, 0.2) is 41.4 Å². The quantitative estimate of drug-likeness (QED) is 0.609. The zero-order valence-corrected chi connectivity index (χ0v) is 18.7. The summed E-state index contributed by atoms with van der Waals surface area (Å²) in [5.74, 6) is 2.40. The van der Waals surface area contributed by atoms with E-state index in [1.54, 1.807) is 6.07 Å². The summed E-state index contributed by atoms with van der Waals surface area (Å²) in [7, 11) is 0. The van der Waals surface area contributed by atoms with Gasteiger partial charge in [-0.2, -0.15) is 0 Å². The molecule has 2 aromatic carbocycles. The highest BCUT2D eigenvalue weighted by Crippen LogP contribution is 2.31. The first-order chi connectivity index (χ1) is 13.6. The lowest BCUT2D eigenvalue weighted by Gasteiger charge is -2.29. The molecule has 0 saturated heterocycles. The Balaban J connectivity index is 0.00000240. The number of ketones is 1. The minimum absolute atomic E-state index is 0. The van der Waals surface area contributed by atoms with Gasteiger partial charge in [0.15, 0.2) is 17.3 Å². The number of aryl methyl sites for hydroxylation is 1. The van der Waals surface area contributed by atoms with Gasteiger partial charge in [0.2, 0.25) is 0 Å². The largest absolute Gasteiger partial charge is 0.486 e. The molecule has 0 aromatic heterocycles. The number of ether oxygens (including phenoxy) is 2. The van der Waals surface area contributed by atoms with Crippen LogP contribution in [-0.2, 0) is 0 Å². The number of amidine groups is 1. The van der Waals surface area contributed by atoms with E-state index in [0.29, 0.717) is 30.3 Å². The Hall–Kier alpha value is -2.34. The Morgan fingerprint density at radius 1 is 1.07 bits per heavy atom. The van der Waals surface area contributed by atoms with Crippen LogP contribution >= 0.6 is 17.0 Å². The number of carbonyl (C=O) groups excluding carboxylic acids is 1. The Labute approximate surface area is 182 Å².